The molecule has 0 aromatic heterocycles. The van der Waals surface area contributed by atoms with Crippen molar-refractivity contribution in [1.82, 2.24) is 5.32 Å². The highest BCUT2D eigenvalue weighted by Crippen LogP contribution is 2.06. The van der Waals surface area contributed by atoms with E-state index in [4.69, 9.17) is 0 Å². The molecule has 1 saturated heterocycles. The first-order chi connectivity index (χ1) is 10.3. The minimum Gasteiger partial charge on any atom is -0.317 e. The number of piperidine rings is 1. The zero-order valence-corrected chi connectivity index (χ0v) is 13.5. The first-order valence-electron chi connectivity index (χ1n) is 8.10. The monoisotopic (exact) mass is 283 g/mol. The van der Waals surface area contributed by atoms with Gasteiger partial charge in [0, 0.05) is 0 Å². The van der Waals surface area contributed by atoms with Crippen molar-refractivity contribution in [3.05, 3.63) is 71.8 Å². The van der Waals surface area contributed by atoms with Crippen LogP contribution in [0.25, 0.3) is 0 Å². The summed E-state index contributed by atoms with van der Waals surface area (Å²) in [6, 6.07) is 20.5. The van der Waals surface area contributed by atoms with Gasteiger partial charge in [0.1, 0.15) is 0 Å². The molecule has 1 nitrogen and oxygen atoms in total. The molecule has 0 saturated carbocycles. The lowest BCUT2D eigenvalue weighted by Gasteiger charge is -2.08. The normalized spacial score (nSPS) is 13.2. The van der Waals surface area contributed by atoms with Crippen molar-refractivity contribution in [2.45, 2.75) is 39.5 Å². The third-order valence-electron chi connectivity index (χ3n) is 3.52. The van der Waals surface area contributed by atoms with Crippen molar-refractivity contribution >= 4 is 0 Å². The van der Waals surface area contributed by atoms with Crippen molar-refractivity contribution in [2.75, 3.05) is 13.1 Å². The van der Waals surface area contributed by atoms with Crippen molar-refractivity contribution < 1.29 is 0 Å². The van der Waals surface area contributed by atoms with Gasteiger partial charge in [-0.2, -0.15) is 0 Å². The van der Waals surface area contributed by atoms with E-state index < -0.39 is 0 Å². The summed E-state index contributed by atoms with van der Waals surface area (Å²) in [5.41, 5.74) is 2.86. The van der Waals surface area contributed by atoms with Gasteiger partial charge in [0.25, 0.3) is 0 Å². The molecule has 21 heavy (non-hydrogen) atoms. The summed E-state index contributed by atoms with van der Waals surface area (Å²) in [7, 11) is 0. The maximum atomic E-state index is 3.28. The average molecular weight is 283 g/mol. The fourth-order valence-electron chi connectivity index (χ4n) is 2.19. The van der Waals surface area contributed by atoms with Crippen LogP contribution in [0, 0.1) is 6.92 Å². The van der Waals surface area contributed by atoms with Crippen molar-refractivity contribution in [1.29, 1.82) is 0 Å². The smallest absolute Gasteiger partial charge is 0.00489 e. The van der Waals surface area contributed by atoms with Gasteiger partial charge in [-0.25, -0.2) is 0 Å². The molecule has 1 aliphatic rings. The molecule has 1 fully saturated rings. The Morgan fingerprint density at radius 3 is 1.57 bits per heavy atom. The van der Waals surface area contributed by atoms with E-state index in [0.29, 0.717) is 0 Å². The molecule has 0 bridgehead atoms. The van der Waals surface area contributed by atoms with E-state index in [0.717, 1.165) is 6.42 Å². The second-order valence-electron chi connectivity index (χ2n) is 5.25. The van der Waals surface area contributed by atoms with Gasteiger partial charge in [0.15, 0.2) is 0 Å². The topological polar surface area (TPSA) is 12.0 Å². The molecule has 1 heterocycles. The lowest BCUT2D eigenvalue weighted by atomic mass is 10.1. The van der Waals surface area contributed by atoms with E-state index in [1.807, 2.05) is 36.4 Å². The number of hydrogen-bond acceptors (Lipinski definition) is 1. The van der Waals surface area contributed by atoms with Gasteiger partial charge < -0.3 is 5.32 Å². The molecular formula is C20H29N. The molecule has 1 aliphatic heterocycles. The molecule has 3 rings (SSSR count). The first kappa shape index (κ1) is 17.5. The molecule has 2 aromatic rings. The lowest BCUT2D eigenvalue weighted by Crippen LogP contribution is -2.21. The van der Waals surface area contributed by atoms with Crippen LogP contribution in [0.3, 0.4) is 0 Å². The second kappa shape index (κ2) is 12.2. The third-order valence-corrected chi connectivity index (χ3v) is 3.52. The van der Waals surface area contributed by atoms with Gasteiger partial charge >= 0.3 is 0 Å². The standard InChI is InChI=1S/C9H12.C6H6.C5H11N/c1-3-9-7-5-4-6-8(9)2;2*1-2-4-6-5-3-1/h4-7H,3H2,1-2H3;1-6H;6H,1-5H2. The number of benzene rings is 2. The van der Waals surface area contributed by atoms with Crippen LogP contribution in [-0.2, 0) is 6.42 Å². The summed E-state index contributed by atoms with van der Waals surface area (Å²) >= 11 is 0. The highest BCUT2D eigenvalue weighted by molar-refractivity contribution is 5.25. The van der Waals surface area contributed by atoms with Crippen LogP contribution in [0.2, 0.25) is 0 Å². The summed E-state index contributed by atoms with van der Waals surface area (Å²) in [5, 5.41) is 3.28. The molecule has 0 unspecified atom stereocenters. The number of nitrogens with one attached hydrogen (secondary N) is 1. The maximum absolute atomic E-state index is 3.28. The highest BCUT2D eigenvalue weighted by Gasteiger charge is 1.93. The molecule has 114 valence electrons. The molecular weight excluding hydrogens is 254 g/mol. The summed E-state index contributed by atoms with van der Waals surface area (Å²) in [6.45, 7) is 6.83. The van der Waals surface area contributed by atoms with E-state index in [1.165, 1.54) is 43.5 Å². The summed E-state index contributed by atoms with van der Waals surface area (Å²) in [4.78, 5) is 0. The number of hydrogen-bond donors (Lipinski definition) is 1. The van der Waals surface area contributed by atoms with Crippen LogP contribution in [0.5, 0.6) is 0 Å². The molecule has 2 aromatic carbocycles. The molecule has 0 radical (unpaired) electrons. The molecule has 0 atom stereocenters. The van der Waals surface area contributed by atoms with Gasteiger partial charge in [-0.1, -0.05) is 74.0 Å². The Balaban J connectivity index is 0.000000163. The molecule has 1 heteroatoms. The Morgan fingerprint density at radius 2 is 1.29 bits per heavy atom. The summed E-state index contributed by atoms with van der Waals surface area (Å²) in [6.07, 6.45) is 5.36. The van der Waals surface area contributed by atoms with Gasteiger partial charge in [0.2, 0.25) is 0 Å². The zero-order chi connectivity index (χ0) is 15.2. The Kier molecular flexibility index (Phi) is 10.1. The maximum Gasteiger partial charge on any atom is -0.00489 e. The van der Waals surface area contributed by atoms with Crippen LogP contribution in [0.4, 0.5) is 0 Å². The predicted octanol–water partition coefficient (Wildman–Crippen LogP) is 5.00. The van der Waals surface area contributed by atoms with Gasteiger partial charge in [-0.05, 0) is 50.4 Å². The van der Waals surface area contributed by atoms with Crippen LogP contribution < -0.4 is 5.32 Å². The van der Waals surface area contributed by atoms with E-state index in [1.54, 1.807) is 0 Å². The Morgan fingerprint density at radius 1 is 0.762 bits per heavy atom. The zero-order valence-electron chi connectivity index (χ0n) is 13.5. The van der Waals surface area contributed by atoms with Crippen LogP contribution in [0.15, 0.2) is 60.7 Å². The molecule has 0 spiro atoms. The minimum atomic E-state index is 1.15. The Hall–Kier alpha value is -1.60. The van der Waals surface area contributed by atoms with E-state index in [9.17, 15) is 0 Å². The van der Waals surface area contributed by atoms with Crippen molar-refractivity contribution in [3.63, 3.8) is 0 Å². The third kappa shape index (κ3) is 9.04. The summed E-state index contributed by atoms with van der Waals surface area (Å²) < 4.78 is 0. The van der Waals surface area contributed by atoms with Crippen LogP contribution >= 0.6 is 0 Å². The quantitative estimate of drug-likeness (QED) is 0.776. The SMILES string of the molecule is C1CCNCC1.CCc1ccccc1C.c1ccccc1. The van der Waals surface area contributed by atoms with Crippen molar-refractivity contribution in [2.24, 2.45) is 0 Å². The second-order valence-corrected chi connectivity index (χ2v) is 5.25. The van der Waals surface area contributed by atoms with Gasteiger partial charge in [-0.15, -0.1) is 0 Å². The Labute approximate surface area is 130 Å². The highest BCUT2D eigenvalue weighted by atomic mass is 14.9. The molecule has 0 aliphatic carbocycles. The lowest BCUT2D eigenvalue weighted by molar-refractivity contribution is 0.520. The fraction of sp³-hybridized carbons (Fsp3) is 0.400. The summed E-state index contributed by atoms with van der Waals surface area (Å²) in [5.74, 6) is 0. The van der Waals surface area contributed by atoms with Crippen LogP contribution in [-0.4, -0.2) is 13.1 Å². The minimum absolute atomic E-state index is 1.15. The predicted molar refractivity (Wildman–Crippen MR) is 93.7 cm³/mol. The van der Waals surface area contributed by atoms with Gasteiger partial charge in [-0.3, -0.25) is 0 Å². The molecule has 1 N–H and O–H groups in total. The average Bonchev–Trinajstić information content (AvgIpc) is 2.60. The number of rotatable bonds is 1. The van der Waals surface area contributed by atoms with Crippen molar-refractivity contribution in [3.8, 4) is 0 Å². The van der Waals surface area contributed by atoms with E-state index >= 15 is 0 Å². The Bertz CT molecular complexity index is 408. The van der Waals surface area contributed by atoms with E-state index in [-0.39, 0.29) is 0 Å². The van der Waals surface area contributed by atoms with E-state index in [2.05, 4.69) is 43.4 Å². The fourth-order valence-corrected chi connectivity index (χ4v) is 2.19. The largest absolute Gasteiger partial charge is 0.317 e. The number of aryl methyl sites for hydroxylation is 2. The van der Waals surface area contributed by atoms with Crippen LogP contribution in [0.1, 0.15) is 37.3 Å². The van der Waals surface area contributed by atoms with Gasteiger partial charge in [0.05, 0.1) is 0 Å². The first-order valence-corrected chi connectivity index (χ1v) is 8.10. The molecule has 0 amide bonds.